The minimum absolute atomic E-state index is 0.0676. The summed E-state index contributed by atoms with van der Waals surface area (Å²) in [6.07, 6.45) is 0.207. The van der Waals surface area contributed by atoms with Crippen molar-refractivity contribution in [1.82, 2.24) is 10.3 Å². The standard InChI is InChI=1S/C23H21N3O2S2/c1-16-7-5-10-18-21(16)25-23(30-18)26(15-17-8-3-2-4-9-17)20(27)12-13-24-22(28)19-11-6-14-29-19/h2-11,14H,12-13,15H2,1H3,(H,24,28). The SMILES string of the molecule is Cc1cccc2sc(N(Cc3ccccc3)C(=O)CCNC(=O)c3cccs3)nc12. The number of aryl methyl sites for hydroxylation is 1. The van der Waals surface area contributed by atoms with E-state index in [1.165, 1.54) is 22.7 Å². The maximum absolute atomic E-state index is 13.1. The van der Waals surface area contributed by atoms with Crippen LogP contribution in [0.5, 0.6) is 0 Å². The number of nitrogens with one attached hydrogen (secondary N) is 1. The molecule has 2 aromatic heterocycles. The Kier molecular flexibility index (Phi) is 6.21. The molecule has 0 atom stereocenters. The Bertz CT molecular complexity index is 1150. The molecule has 0 bridgehead atoms. The number of aromatic nitrogens is 1. The normalized spacial score (nSPS) is 10.8. The van der Waals surface area contributed by atoms with Gasteiger partial charge in [-0.1, -0.05) is 59.9 Å². The summed E-state index contributed by atoms with van der Waals surface area (Å²) in [7, 11) is 0. The zero-order valence-electron chi connectivity index (χ0n) is 16.5. The summed E-state index contributed by atoms with van der Waals surface area (Å²) in [5, 5.41) is 5.37. The number of para-hydroxylation sites is 1. The second-order valence-corrected chi connectivity index (χ2v) is 8.82. The molecule has 0 saturated heterocycles. The first-order valence-corrected chi connectivity index (χ1v) is 11.3. The Morgan fingerprint density at radius 3 is 2.60 bits per heavy atom. The van der Waals surface area contributed by atoms with Crippen molar-refractivity contribution in [2.24, 2.45) is 0 Å². The first kappa shape index (κ1) is 20.3. The molecule has 0 aliphatic rings. The van der Waals surface area contributed by atoms with E-state index in [0.29, 0.717) is 16.6 Å². The maximum Gasteiger partial charge on any atom is 0.261 e. The number of rotatable bonds is 7. The van der Waals surface area contributed by atoms with Crippen LogP contribution in [0.25, 0.3) is 10.2 Å². The molecule has 30 heavy (non-hydrogen) atoms. The molecule has 1 N–H and O–H groups in total. The molecule has 0 aliphatic heterocycles. The van der Waals surface area contributed by atoms with Crippen molar-refractivity contribution < 1.29 is 9.59 Å². The molecular formula is C23H21N3O2S2. The minimum Gasteiger partial charge on any atom is -0.351 e. The van der Waals surface area contributed by atoms with E-state index in [9.17, 15) is 9.59 Å². The van der Waals surface area contributed by atoms with Crippen LogP contribution in [0.2, 0.25) is 0 Å². The molecular weight excluding hydrogens is 414 g/mol. The Labute approximate surface area is 183 Å². The lowest BCUT2D eigenvalue weighted by atomic mass is 10.2. The van der Waals surface area contributed by atoms with E-state index in [1.807, 2.05) is 66.9 Å². The number of hydrogen-bond donors (Lipinski definition) is 1. The van der Waals surface area contributed by atoms with Crippen molar-refractivity contribution in [3.63, 3.8) is 0 Å². The molecule has 152 valence electrons. The predicted octanol–water partition coefficient (Wildman–Crippen LogP) is 5.02. The van der Waals surface area contributed by atoms with Crippen LogP contribution in [0.4, 0.5) is 5.13 Å². The number of carbonyl (C=O) groups is 2. The fourth-order valence-corrected chi connectivity index (χ4v) is 4.83. The summed E-state index contributed by atoms with van der Waals surface area (Å²) < 4.78 is 1.06. The third-order valence-corrected chi connectivity index (χ3v) is 6.61. The number of benzene rings is 2. The number of thiazole rings is 1. The summed E-state index contributed by atoms with van der Waals surface area (Å²) >= 11 is 2.90. The van der Waals surface area contributed by atoms with Crippen molar-refractivity contribution in [3.05, 3.63) is 82.0 Å². The van der Waals surface area contributed by atoms with Gasteiger partial charge in [-0.25, -0.2) is 4.98 Å². The second kappa shape index (κ2) is 9.19. The van der Waals surface area contributed by atoms with Gasteiger partial charge >= 0.3 is 0 Å². The summed E-state index contributed by atoms with van der Waals surface area (Å²) in [6, 6.07) is 19.5. The number of fused-ring (bicyclic) bond motifs is 1. The van der Waals surface area contributed by atoms with Crippen LogP contribution >= 0.6 is 22.7 Å². The summed E-state index contributed by atoms with van der Waals surface area (Å²) in [5.41, 5.74) is 3.05. The molecule has 2 heterocycles. The fraction of sp³-hybridized carbons (Fsp3) is 0.174. The molecule has 0 fully saturated rings. The van der Waals surface area contributed by atoms with E-state index in [0.717, 1.165) is 21.3 Å². The molecule has 4 rings (SSSR count). The number of anilines is 1. The van der Waals surface area contributed by atoms with E-state index < -0.39 is 0 Å². The Morgan fingerprint density at radius 1 is 1.03 bits per heavy atom. The fourth-order valence-electron chi connectivity index (χ4n) is 3.13. The van der Waals surface area contributed by atoms with E-state index >= 15 is 0 Å². The highest BCUT2D eigenvalue weighted by atomic mass is 32.1. The van der Waals surface area contributed by atoms with Crippen molar-refractivity contribution in [2.45, 2.75) is 19.9 Å². The average Bonchev–Trinajstić information content (AvgIpc) is 3.43. The molecule has 7 heteroatoms. The van der Waals surface area contributed by atoms with Crippen LogP contribution in [-0.4, -0.2) is 23.3 Å². The lowest BCUT2D eigenvalue weighted by Crippen LogP contribution is -2.34. The van der Waals surface area contributed by atoms with Gasteiger partial charge in [0.15, 0.2) is 5.13 Å². The molecule has 5 nitrogen and oxygen atoms in total. The van der Waals surface area contributed by atoms with Crippen LogP contribution in [0.3, 0.4) is 0 Å². The number of carbonyl (C=O) groups excluding carboxylic acids is 2. The Balaban J connectivity index is 1.52. The van der Waals surface area contributed by atoms with Crippen molar-refractivity contribution >= 4 is 49.8 Å². The third-order valence-electron chi connectivity index (χ3n) is 4.69. The number of nitrogens with zero attached hydrogens (tertiary/aromatic N) is 2. The lowest BCUT2D eigenvalue weighted by molar-refractivity contribution is -0.118. The highest BCUT2D eigenvalue weighted by Gasteiger charge is 2.21. The van der Waals surface area contributed by atoms with Gasteiger partial charge in [-0.2, -0.15) is 0 Å². The van der Waals surface area contributed by atoms with Gasteiger partial charge < -0.3 is 5.32 Å². The highest BCUT2D eigenvalue weighted by Crippen LogP contribution is 2.31. The molecule has 0 aliphatic carbocycles. The van der Waals surface area contributed by atoms with Gasteiger partial charge in [-0.05, 0) is 35.6 Å². The van der Waals surface area contributed by atoms with Gasteiger partial charge in [0, 0.05) is 13.0 Å². The van der Waals surface area contributed by atoms with Crippen LogP contribution in [-0.2, 0) is 11.3 Å². The van der Waals surface area contributed by atoms with Crippen molar-refractivity contribution in [3.8, 4) is 0 Å². The van der Waals surface area contributed by atoms with E-state index in [4.69, 9.17) is 4.98 Å². The van der Waals surface area contributed by atoms with Gasteiger partial charge in [0.1, 0.15) is 0 Å². The maximum atomic E-state index is 13.1. The summed E-state index contributed by atoms with van der Waals surface area (Å²) in [4.78, 5) is 32.4. The average molecular weight is 436 g/mol. The van der Waals surface area contributed by atoms with Crippen LogP contribution in [0.1, 0.15) is 27.2 Å². The molecule has 0 saturated carbocycles. The first-order valence-electron chi connectivity index (χ1n) is 9.64. The predicted molar refractivity (Wildman–Crippen MR) is 123 cm³/mol. The van der Waals surface area contributed by atoms with Gasteiger partial charge in [-0.15, -0.1) is 11.3 Å². The quantitative estimate of drug-likeness (QED) is 0.443. The zero-order valence-corrected chi connectivity index (χ0v) is 18.1. The largest absolute Gasteiger partial charge is 0.351 e. The lowest BCUT2D eigenvalue weighted by Gasteiger charge is -2.20. The smallest absolute Gasteiger partial charge is 0.261 e. The van der Waals surface area contributed by atoms with Gasteiger partial charge in [0.05, 0.1) is 21.6 Å². The van der Waals surface area contributed by atoms with E-state index in [-0.39, 0.29) is 24.8 Å². The van der Waals surface area contributed by atoms with Crippen LogP contribution in [0.15, 0.2) is 66.0 Å². The van der Waals surface area contributed by atoms with E-state index in [1.54, 1.807) is 11.0 Å². The van der Waals surface area contributed by atoms with E-state index in [2.05, 4.69) is 5.32 Å². The zero-order chi connectivity index (χ0) is 20.9. The number of amides is 2. The topological polar surface area (TPSA) is 62.3 Å². The van der Waals surface area contributed by atoms with Crippen molar-refractivity contribution in [2.75, 3.05) is 11.4 Å². The molecule has 0 spiro atoms. The van der Waals surface area contributed by atoms with Crippen LogP contribution < -0.4 is 10.2 Å². The molecule has 0 radical (unpaired) electrons. The molecule has 4 aromatic rings. The third kappa shape index (κ3) is 4.58. The second-order valence-electron chi connectivity index (χ2n) is 6.87. The minimum atomic E-state index is -0.150. The summed E-state index contributed by atoms with van der Waals surface area (Å²) in [6.45, 7) is 2.75. The summed E-state index contributed by atoms with van der Waals surface area (Å²) in [5.74, 6) is -0.218. The monoisotopic (exact) mass is 435 g/mol. The van der Waals surface area contributed by atoms with Gasteiger partial charge in [-0.3, -0.25) is 14.5 Å². The number of hydrogen-bond acceptors (Lipinski definition) is 5. The van der Waals surface area contributed by atoms with Gasteiger partial charge in [0.25, 0.3) is 5.91 Å². The first-order chi connectivity index (χ1) is 14.6. The molecule has 2 amide bonds. The Hall–Kier alpha value is -3.03. The number of thiophene rings is 1. The van der Waals surface area contributed by atoms with Crippen LogP contribution in [0, 0.1) is 6.92 Å². The highest BCUT2D eigenvalue weighted by molar-refractivity contribution is 7.22. The molecule has 2 aromatic carbocycles. The van der Waals surface area contributed by atoms with Gasteiger partial charge in [0.2, 0.25) is 5.91 Å². The van der Waals surface area contributed by atoms with Crippen molar-refractivity contribution in [1.29, 1.82) is 0 Å². The molecule has 0 unspecified atom stereocenters. The Morgan fingerprint density at radius 2 is 1.87 bits per heavy atom.